The van der Waals surface area contributed by atoms with Gasteiger partial charge in [0, 0.05) is 12.6 Å². The third-order valence-corrected chi connectivity index (χ3v) is 5.58. The summed E-state index contributed by atoms with van der Waals surface area (Å²) in [7, 11) is -1.46. The SMILES string of the molecule is CCN(C1CC1)S(=O)(=O)c1ccc(OCCCNC)cc1. The minimum Gasteiger partial charge on any atom is -0.494 e. The van der Waals surface area contributed by atoms with Gasteiger partial charge in [-0.15, -0.1) is 0 Å². The van der Waals surface area contributed by atoms with Gasteiger partial charge in [-0.05, 0) is 57.1 Å². The number of sulfonamides is 1. The van der Waals surface area contributed by atoms with Gasteiger partial charge in [0.1, 0.15) is 5.75 Å². The predicted molar refractivity (Wildman–Crippen MR) is 83.1 cm³/mol. The van der Waals surface area contributed by atoms with Crippen molar-refractivity contribution in [1.29, 1.82) is 0 Å². The zero-order chi connectivity index (χ0) is 15.3. The molecule has 2 rings (SSSR count). The topological polar surface area (TPSA) is 58.6 Å². The standard InChI is InChI=1S/C15H24N2O3S/c1-3-17(13-5-6-13)21(18,19)15-9-7-14(8-10-15)20-12-4-11-16-2/h7-10,13,16H,3-6,11-12H2,1-2H3. The van der Waals surface area contributed by atoms with Crippen molar-refractivity contribution in [3.8, 4) is 5.75 Å². The molecule has 0 heterocycles. The van der Waals surface area contributed by atoms with Gasteiger partial charge in [-0.2, -0.15) is 4.31 Å². The molecule has 118 valence electrons. The van der Waals surface area contributed by atoms with Gasteiger partial charge in [0.2, 0.25) is 10.0 Å². The first-order chi connectivity index (χ1) is 10.1. The van der Waals surface area contributed by atoms with E-state index in [0.717, 1.165) is 25.8 Å². The first-order valence-corrected chi connectivity index (χ1v) is 8.93. The van der Waals surface area contributed by atoms with E-state index in [4.69, 9.17) is 4.74 Å². The maximum Gasteiger partial charge on any atom is 0.243 e. The lowest BCUT2D eigenvalue weighted by Gasteiger charge is -2.20. The molecular formula is C15H24N2O3S. The third-order valence-electron chi connectivity index (χ3n) is 3.54. The van der Waals surface area contributed by atoms with Crippen molar-refractivity contribution >= 4 is 10.0 Å². The van der Waals surface area contributed by atoms with Gasteiger partial charge in [0.05, 0.1) is 11.5 Å². The molecule has 1 aromatic rings. The number of ether oxygens (including phenoxy) is 1. The molecule has 0 aromatic heterocycles. The van der Waals surface area contributed by atoms with Gasteiger partial charge in [-0.3, -0.25) is 0 Å². The Morgan fingerprint density at radius 3 is 2.48 bits per heavy atom. The quantitative estimate of drug-likeness (QED) is 0.707. The van der Waals surface area contributed by atoms with E-state index in [1.807, 2.05) is 14.0 Å². The molecule has 0 spiro atoms. The molecule has 1 saturated carbocycles. The number of hydrogen-bond donors (Lipinski definition) is 1. The summed E-state index contributed by atoms with van der Waals surface area (Å²) in [6.45, 7) is 3.93. The van der Waals surface area contributed by atoms with Crippen LogP contribution >= 0.6 is 0 Å². The van der Waals surface area contributed by atoms with E-state index in [9.17, 15) is 8.42 Å². The van der Waals surface area contributed by atoms with Crippen molar-refractivity contribution in [2.45, 2.75) is 37.1 Å². The maximum absolute atomic E-state index is 12.5. The van der Waals surface area contributed by atoms with Gasteiger partial charge < -0.3 is 10.1 Å². The Bertz CT molecular complexity index is 539. The zero-order valence-electron chi connectivity index (χ0n) is 12.7. The molecule has 0 atom stereocenters. The fourth-order valence-electron chi connectivity index (χ4n) is 2.27. The Balaban J connectivity index is 2.00. The molecule has 1 aromatic carbocycles. The number of hydrogen-bond acceptors (Lipinski definition) is 4. The predicted octanol–water partition coefficient (Wildman–Crippen LogP) is 1.85. The highest BCUT2D eigenvalue weighted by Gasteiger charge is 2.36. The summed E-state index contributed by atoms with van der Waals surface area (Å²) in [4.78, 5) is 0.346. The monoisotopic (exact) mass is 312 g/mol. The Morgan fingerprint density at radius 2 is 1.95 bits per heavy atom. The van der Waals surface area contributed by atoms with E-state index in [1.165, 1.54) is 0 Å². The highest BCUT2D eigenvalue weighted by molar-refractivity contribution is 7.89. The molecule has 6 heteroatoms. The van der Waals surface area contributed by atoms with Crippen LogP contribution in [0.3, 0.4) is 0 Å². The lowest BCUT2D eigenvalue weighted by molar-refractivity contribution is 0.309. The summed E-state index contributed by atoms with van der Waals surface area (Å²) in [6.07, 6.45) is 2.86. The Hall–Kier alpha value is -1.11. The summed E-state index contributed by atoms with van der Waals surface area (Å²) >= 11 is 0. The second kappa shape index (κ2) is 7.24. The molecule has 0 unspecified atom stereocenters. The molecule has 0 saturated heterocycles. The maximum atomic E-state index is 12.5. The minimum atomic E-state index is -3.37. The Kier molecular flexibility index (Phi) is 5.61. The fourth-order valence-corrected chi connectivity index (χ4v) is 3.96. The van der Waals surface area contributed by atoms with Gasteiger partial charge in [0.25, 0.3) is 0 Å². The Morgan fingerprint density at radius 1 is 1.29 bits per heavy atom. The molecule has 1 N–H and O–H groups in total. The number of nitrogens with one attached hydrogen (secondary N) is 1. The van der Waals surface area contributed by atoms with Crippen LogP contribution in [-0.2, 0) is 10.0 Å². The van der Waals surface area contributed by atoms with E-state index in [2.05, 4.69) is 5.32 Å². The normalized spacial score (nSPS) is 15.4. The van der Waals surface area contributed by atoms with E-state index >= 15 is 0 Å². The zero-order valence-corrected chi connectivity index (χ0v) is 13.5. The molecule has 0 radical (unpaired) electrons. The van der Waals surface area contributed by atoms with Crippen molar-refractivity contribution in [2.24, 2.45) is 0 Å². The molecule has 1 fully saturated rings. The summed E-state index contributed by atoms with van der Waals surface area (Å²) in [5, 5.41) is 3.05. The van der Waals surface area contributed by atoms with Crippen LogP contribution in [0.5, 0.6) is 5.75 Å². The van der Waals surface area contributed by atoms with Crippen LogP contribution in [-0.4, -0.2) is 45.5 Å². The van der Waals surface area contributed by atoms with E-state index in [-0.39, 0.29) is 6.04 Å². The molecule has 0 amide bonds. The summed E-state index contributed by atoms with van der Waals surface area (Å²) in [5.41, 5.74) is 0. The minimum absolute atomic E-state index is 0.192. The van der Waals surface area contributed by atoms with Crippen LogP contribution < -0.4 is 10.1 Å². The molecule has 1 aliphatic carbocycles. The molecule has 0 bridgehead atoms. The molecule has 21 heavy (non-hydrogen) atoms. The van der Waals surface area contributed by atoms with Crippen LogP contribution in [0.4, 0.5) is 0 Å². The second-order valence-electron chi connectivity index (χ2n) is 5.22. The molecular weight excluding hydrogens is 288 g/mol. The van der Waals surface area contributed by atoms with E-state index in [0.29, 0.717) is 23.8 Å². The van der Waals surface area contributed by atoms with Gasteiger partial charge in [-0.1, -0.05) is 6.92 Å². The summed E-state index contributed by atoms with van der Waals surface area (Å²) < 4.78 is 32.2. The van der Waals surface area contributed by atoms with Crippen molar-refractivity contribution in [2.75, 3.05) is 26.7 Å². The van der Waals surface area contributed by atoms with Crippen LogP contribution in [0.25, 0.3) is 0 Å². The fraction of sp³-hybridized carbons (Fsp3) is 0.600. The van der Waals surface area contributed by atoms with Gasteiger partial charge >= 0.3 is 0 Å². The van der Waals surface area contributed by atoms with Crippen LogP contribution in [0.1, 0.15) is 26.2 Å². The first kappa shape index (κ1) is 16.3. The van der Waals surface area contributed by atoms with Crippen molar-refractivity contribution in [3.05, 3.63) is 24.3 Å². The van der Waals surface area contributed by atoms with E-state index in [1.54, 1.807) is 28.6 Å². The van der Waals surface area contributed by atoms with Crippen LogP contribution in [0.2, 0.25) is 0 Å². The average Bonchev–Trinajstić information content (AvgIpc) is 3.29. The van der Waals surface area contributed by atoms with Gasteiger partial charge in [0.15, 0.2) is 0 Å². The lowest BCUT2D eigenvalue weighted by atomic mass is 10.3. The van der Waals surface area contributed by atoms with Crippen molar-refractivity contribution in [1.82, 2.24) is 9.62 Å². The second-order valence-corrected chi connectivity index (χ2v) is 7.11. The third kappa shape index (κ3) is 4.18. The summed E-state index contributed by atoms with van der Waals surface area (Å²) in [6, 6.07) is 6.92. The highest BCUT2D eigenvalue weighted by atomic mass is 32.2. The van der Waals surface area contributed by atoms with Crippen LogP contribution in [0, 0.1) is 0 Å². The van der Waals surface area contributed by atoms with E-state index < -0.39 is 10.0 Å². The van der Waals surface area contributed by atoms with Gasteiger partial charge in [-0.25, -0.2) is 8.42 Å². The Labute approximate surface area is 127 Å². The molecule has 1 aliphatic rings. The number of rotatable bonds is 9. The number of benzene rings is 1. The average molecular weight is 312 g/mol. The molecule has 0 aliphatic heterocycles. The van der Waals surface area contributed by atoms with Crippen LogP contribution in [0.15, 0.2) is 29.2 Å². The highest BCUT2D eigenvalue weighted by Crippen LogP contribution is 2.32. The van der Waals surface area contributed by atoms with Crippen molar-refractivity contribution < 1.29 is 13.2 Å². The smallest absolute Gasteiger partial charge is 0.243 e. The number of nitrogens with zero attached hydrogens (tertiary/aromatic N) is 1. The lowest BCUT2D eigenvalue weighted by Crippen LogP contribution is -2.32. The summed E-state index contributed by atoms with van der Waals surface area (Å²) in [5.74, 6) is 0.708. The first-order valence-electron chi connectivity index (χ1n) is 7.49. The largest absolute Gasteiger partial charge is 0.494 e. The van der Waals surface area contributed by atoms with Crippen molar-refractivity contribution in [3.63, 3.8) is 0 Å². The molecule has 5 nitrogen and oxygen atoms in total.